The minimum Gasteiger partial charge on any atom is -0.495 e. The van der Waals surface area contributed by atoms with Gasteiger partial charge in [-0.1, -0.05) is 24.3 Å². The molecule has 0 saturated heterocycles. The van der Waals surface area contributed by atoms with Crippen LogP contribution in [0.3, 0.4) is 0 Å². The third-order valence-corrected chi connectivity index (χ3v) is 2.96. The van der Waals surface area contributed by atoms with Gasteiger partial charge in [0.15, 0.2) is 0 Å². The predicted octanol–water partition coefficient (Wildman–Crippen LogP) is 3.62. The van der Waals surface area contributed by atoms with Crippen LogP contribution in [0.25, 0.3) is 0 Å². The maximum absolute atomic E-state index is 5.46. The summed E-state index contributed by atoms with van der Waals surface area (Å²) in [6, 6.07) is 16.4. The Morgan fingerprint density at radius 3 is 2.32 bits per heavy atom. The van der Waals surface area contributed by atoms with Gasteiger partial charge in [0.2, 0.25) is 0 Å². The molecule has 2 rings (SSSR count). The smallest absolute Gasteiger partial charge is 0.143 e. The molecule has 0 spiro atoms. The fourth-order valence-corrected chi connectivity index (χ4v) is 2.15. The molecule has 0 unspecified atom stereocenters. The van der Waals surface area contributed by atoms with Gasteiger partial charge < -0.3 is 4.74 Å². The molecular weight excluding hydrogens is 236 g/mol. The first-order valence-corrected chi connectivity index (χ1v) is 6.30. The van der Waals surface area contributed by atoms with E-state index in [2.05, 4.69) is 42.3 Å². The summed E-state index contributed by atoms with van der Waals surface area (Å²) in [6.07, 6.45) is 0. The molecule has 0 amide bonds. The highest BCUT2D eigenvalue weighted by molar-refractivity contribution is 5.68. The third-order valence-electron chi connectivity index (χ3n) is 2.96. The quantitative estimate of drug-likeness (QED) is 0.777. The van der Waals surface area contributed by atoms with Gasteiger partial charge in [-0.2, -0.15) is 0 Å². The van der Waals surface area contributed by atoms with Crippen LogP contribution in [-0.4, -0.2) is 26.2 Å². The van der Waals surface area contributed by atoms with E-state index in [0.717, 1.165) is 17.1 Å². The van der Waals surface area contributed by atoms with E-state index in [0.29, 0.717) is 0 Å². The third kappa shape index (κ3) is 2.88. The van der Waals surface area contributed by atoms with Gasteiger partial charge in [-0.25, -0.2) is 5.01 Å². The van der Waals surface area contributed by atoms with Gasteiger partial charge in [0, 0.05) is 14.1 Å². The van der Waals surface area contributed by atoms with Crippen molar-refractivity contribution < 1.29 is 4.74 Å². The number of nitrogens with zero attached hydrogens (tertiary/aromatic N) is 2. The van der Waals surface area contributed by atoms with Crippen LogP contribution in [0.4, 0.5) is 11.4 Å². The molecule has 100 valence electrons. The van der Waals surface area contributed by atoms with Crippen molar-refractivity contribution in [1.82, 2.24) is 5.01 Å². The van der Waals surface area contributed by atoms with Gasteiger partial charge in [0.05, 0.1) is 18.5 Å². The van der Waals surface area contributed by atoms with Crippen molar-refractivity contribution in [3.63, 3.8) is 0 Å². The summed E-state index contributed by atoms with van der Waals surface area (Å²) >= 11 is 0. The largest absolute Gasteiger partial charge is 0.495 e. The maximum atomic E-state index is 5.46. The molecule has 3 nitrogen and oxygen atoms in total. The van der Waals surface area contributed by atoms with Crippen LogP contribution in [0.15, 0.2) is 48.5 Å². The number of aryl methyl sites for hydroxylation is 1. The van der Waals surface area contributed by atoms with Gasteiger partial charge >= 0.3 is 0 Å². The van der Waals surface area contributed by atoms with Crippen molar-refractivity contribution in [3.05, 3.63) is 54.1 Å². The summed E-state index contributed by atoms with van der Waals surface area (Å²) < 4.78 is 5.46. The van der Waals surface area contributed by atoms with Crippen molar-refractivity contribution in [2.45, 2.75) is 6.92 Å². The minimum atomic E-state index is 0.859. The average molecular weight is 256 g/mol. The van der Waals surface area contributed by atoms with Gasteiger partial charge in [0.1, 0.15) is 5.75 Å². The molecule has 0 aliphatic heterocycles. The number of ether oxygens (including phenoxy) is 1. The number of rotatable bonds is 4. The van der Waals surface area contributed by atoms with Crippen LogP contribution in [0.2, 0.25) is 0 Å². The maximum Gasteiger partial charge on any atom is 0.143 e. The van der Waals surface area contributed by atoms with Crippen molar-refractivity contribution >= 4 is 11.4 Å². The Balaban J connectivity index is 2.52. The van der Waals surface area contributed by atoms with Gasteiger partial charge in [-0.3, -0.25) is 5.01 Å². The van der Waals surface area contributed by atoms with Crippen molar-refractivity contribution in [1.29, 1.82) is 0 Å². The molecule has 2 aromatic carbocycles. The fraction of sp³-hybridized carbons (Fsp3) is 0.250. The van der Waals surface area contributed by atoms with Crippen LogP contribution < -0.4 is 9.75 Å². The summed E-state index contributed by atoms with van der Waals surface area (Å²) in [6.45, 7) is 2.10. The van der Waals surface area contributed by atoms with Gasteiger partial charge in [-0.05, 0) is 36.8 Å². The summed E-state index contributed by atoms with van der Waals surface area (Å²) in [4.78, 5) is 0. The first kappa shape index (κ1) is 13.4. The predicted molar refractivity (Wildman–Crippen MR) is 80.0 cm³/mol. The van der Waals surface area contributed by atoms with Crippen molar-refractivity contribution in [2.24, 2.45) is 0 Å². The first-order valence-electron chi connectivity index (χ1n) is 6.30. The second-order valence-electron chi connectivity index (χ2n) is 4.67. The molecule has 0 saturated carbocycles. The summed E-state index contributed by atoms with van der Waals surface area (Å²) in [7, 11) is 5.74. The van der Waals surface area contributed by atoms with Crippen LogP contribution in [0, 0.1) is 6.92 Å². The SMILES string of the molecule is COc1ccccc1N(c1cccc(C)c1)N(C)C. The van der Waals surface area contributed by atoms with E-state index in [4.69, 9.17) is 4.74 Å². The van der Waals surface area contributed by atoms with E-state index in [1.807, 2.05) is 37.3 Å². The van der Waals surface area contributed by atoms with E-state index < -0.39 is 0 Å². The molecule has 0 aromatic heterocycles. The number of hydrogen-bond donors (Lipinski definition) is 0. The molecule has 0 fully saturated rings. The zero-order valence-corrected chi connectivity index (χ0v) is 11.9. The van der Waals surface area contributed by atoms with Crippen LogP contribution in [0.5, 0.6) is 5.75 Å². The molecule has 2 aromatic rings. The Kier molecular flexibility index (Phi) is 4.07. The normalized spacial score (nSPS) is 10.6. The summed E-state index contributed by atoms with van der Waals surface area (Å²) in [5, 5.41) is 4.18. The topological polar surface area (TPSA) is 15.7 Å². The highest BCUT2D eigenvalue weighted by atomic mass is 16.5. The average Bonchev–Trinajstić information content (AvgIpc) is 2.39. The second-order valence-corrected chi connectivity index (χ2v) is 4.67. The van der Waals surface area contributed by atoms with Crippen molar-refractivity contribution in [3.8, 4) is 5.75 Å². The molecular formula is C16H20N2O. The monoisotopic (exact) mass is 256 g/mol. The highest BCUT2D eigenvalue weighted by Gasteiger charge is 2.15. The van der Waals surface area contributed by atoms with E-state index in [1.54, 1.807) is 7.11 Å². The van der Waals surface area contributed by atoms with E-state index in [9.17, 15) is 0 Å². The molecule has 0 radical (unpaired) electrons. The molecule has 0 aliphatic rings. The molecule has 0 bridgehead atoms. The lowest BCUT2D eigenvalue weighted by atomic mass is 10.2. The first-order chi connectivity index (χ1) is 9.13. The molecule has 19 heavy (non-hydrogen) atoms. The Morgan fingerprint density at radius 1 is 0.947 bits per heavy atom. The number of anilines is 2. The standard InChI is InChI=1S/C16H20N2O/c1-13-8-7-9-14(12-13)18(17(2)3)15-10-5-6-11-16(15)19-4/h5-12H,1-4H3. The second kappa shape index (κ2) is 5.76. The Bertz CT molecular complexity index is 552. The van der Waals surface area contributed by atoms with Crippen LogP contribution >= 0.6 is 0 Å². The molecule has 3 heteroatoms. The van der Waals surface area contributed by atoms with E-state index in [-0.39, 0.29) is 0 Å². The summed E-state index contributed by atoms with van der Waals surface area (Å²) in [5.41, 5.74) is 3.38. The zero-order valence-electron chi connectivity index (χ0n) is 11.9. The molecule has 0 N–H and O–H groups in total. The van der Waals surface area contributed by atoms with Gasteiger partial charge in [0.25, 0.3) is 0 Å². The lowest BCUT2D eigenvalue weighted by molar-refractivity contribution is 0.389. The number of benzene rings is 2. The van der Waals surface area contributed by atoms with Crippen molar-refractivity contribution in [2.75, 3.05) is 26.2 Å². The number of methoxy groups -OCH3 is 1. The lowest BCUT2D eigenvalue weighted by Gasteiger charge is -2.32. The Morgan fingerprint density at radius 2 is 1.68 bits per heavy atom. The minimum absolute atomic E-state index is 0.859. The molecule has 0 atom stereocenters. The lowest BCUT2D eigenvalue weighted by Crippen LogP contribution is -2.32. The molecule has 0 heterocycles. The number of para-hydroxylation sites is 2. The van der Waals surface area contributed by atoms with E-state index >= 15 is 0 Å². The van der Waals surface area contributed by atoms with Crippen LogP contribution in [0.1, 0.15) is 5.56 Å². The molecule has 0 aliphatic carbocycles. The summed E-state index contributed by atoms with van der Waals surface area (Å²) in [5.74, 6) is 0.859. The van der Waals surface area contributed by atoms with Gasteiger partial charge in [-0.15, -0.1) is 0 Å². The van der Waals surface area contributed by atoms with E-state index in [1.165, 1.54) is 5.56 Å². The zero-order chi connectivity index (χ0) is 13.8. The Hall–Kier alpha value is -2.00. The number of hydrazine groups is 1. The fourth-order valence-electron chi connectivity index (χ4n) is 2.15. The highest BCUT2D eigenvalue weighted by Crippen LogP contribution is 2.34. The Labute approximate surface area is 115 Å². The van der Waals surface area contributed by atoms with Crippen LogP contribution in [-0.2, 0) is 0 Å². The number of hydrogen-bond acceptors (Lipinski definition) is 3.